The fourth-order valence-electron chi connectivity index (χ4n) is 2.80. The predicted molar refractivity (Wildman–Crippen MR) is 66.3 cm³/mol. The molecule has 0 unspecified atom stereocenters. The molecule has 0 spiro atoms. The Hall–Kier alpha value is -0.860. The fraction of sp³-hybridized carbons (Fsp3) is 0.462. The Balaban J connectivity index is 1.86. The highest BCUT2D eigenvalue weighted by molar-refractivity contribution is 6.30. The second kappa shape index (κ2) is 4.19. The zero-order chi connectivity index (χ0) is 11.0. The molecule has 1 aromatic rings. The number of fused-ring (bicyclic) bond motifs is 1. The highest BCUT2D eigenvalue weighted by atomic mass is 35.5. The van der Waals surface area contributed by atoms with Crippen LogP contribution in [0.3, 0.4) is 0 Å². The van der Waals surface area contributed by atoms with Crippen molar-refractivity contribution in [1.29, 1.82) is 0 Å². The number of allylic oxidation sites excluding steroid dienone is 2. The molecule has 0 radical (unpaired) electrons. The Bertz CT molecular complexity index is 428. The molecule has 0 bridgehead atoms. The predicted octanol–water partition coefficient (Wildman–Crippen LogP) is 2.75. The van der Waals surface area contributed by atoms with Crippen LogP contribution in [0.5, 0.6) is 0 Å². The highest BCUT2D eigenvalue weighted by Crippen LogP contribution is 2.39. The van der Waals surface area contributed by atoms with E-state index in [-0.39, 0.29) is 0 Å². The fourth-order valence-corrected chi connectivity index (χ4v) is 2.97. The van der Waals surface area contributed by atoms with Crippen molar-refractivity contribution in [2.75, 3.05) is 13.1 Å². The van der Waals surface area contributed by atoms with Crippen LogP contribution in [0.4, 0.5) is 0 Å². The first kappa shape index (κ1) is 10.3. The van der Waals surface area contributed by atoms with E-state index in [9.17, 15) is 0 Å². The minimum atomic E-state index is 0.728. The van der Waals surface area contributed by atoms with Gasteiger partial charge < -0.3 is 5.32 Å². The molecule has 2 heterocycles. The van der Waals surface area contributed by atoms with Crippen LogP contribution < -0.4 is 5.32 Å². The van der Waals surface area contributed by atoms with E-state index in [2.05, 4.69) is 16.4 Å². The summed E-state index contributed by atoms with van der Waals surface area (Å²) in [4.78, 5) is 4.16. The summed E-state index contributed by atoms with van der Waals surface area (Å²) in [6.45, 7) is 2.30. The summed E-state index contributed by atoms with van der Waals surface area (Å²) in [5.74, 6) is 1.54. The van der Waals surface area contributed by atoms with Gasteiger partial charge in [-0.1, -0.05) is 17.7 Å². The van der Waals surface area contributed by atoms with Gasteiger partial charge in [-0.05, 0) is 55.0 Å². The maximum atomic E-state index is 5.97. The van der Waals surface area contributed by atoms with Gasteiger partial charge in [0.1, 0.15) is 0 Å². The Kier molecular flexibility index (Phi) is 2.70. The monoisotopic (exact) mass is 234 g/mol. The topological polar surface area (TPSA) is 24.9 Å². The molecule has 2 atom stereocenters. The number of rotatable bonds is 1. The molecular weight excluding hydrogens is 220 g/mol. The molecule has 3 heteroatoms. The quantitative estimate of drug-likeness (QED) is 0.808. The molecule has 1 N–H and O–H groups in total. The third kappa shape index (κ3) is 1.87. The maximum absolute atomic E-state index is 5.97. The summed E-state index contributed by atoms with van der Waals surface area (Å²) in [5.41, 5.74) is 2.62. The zero-order valence-corrected chi connectivity index (χ0v) is 9.87. The molecule has 0 saturated carbocycles. The molecule has 2 aliphatic rings. The molecule has 0 aromatic carbocycles. The summed E-state index contributed by atoms with van der Waals surface area (Å²) in [5, 5.41) is 4.19. The van der Waals surface area contributed by atoms with Crippen molar-refractivity contribution in [3.63, 3.8) is 0 Å². The van der Waals surface area contributed by atoms with Crippen LogP contribution in [0, 0.1) is 11.8 Å². The van der Waals surface area contributed by atoms with Gasteiger partial charge in [-0.25, -0.2) is 0 Å². The summed E-state index contributed by atoms with van der Waals surface area (Å²) in [6.07, 6.45) is 8.47. The van der Waals surface area contributed by atoms with Gasteiger partial charge in [0.05, 0.1) is 5.02 Å². The Morgan fingerprint density at radius 2 is 2.31 bits per heavy atom. The molecule has 1 fully saturated rings. The standard InChI is InChI=1S/C13H15ClN2/c14-13-5-12(7-16-8-13)10-3-9-1-2-15-6-11(9)4-10/h3,5,7-9,11,15H,1-2,4,6H2/t9-,11-/m0/s1. The second-order valence-corrected chi connectivity index (χ2v) is 5.14. The van der Waals surface area contributed by atoms with E-state index in [1.807, 2.05) is 12.3 Å². The van der Waals surface area contributed by atoms with Gasteiger partial charge in [-0.2, -0.15) is 0 Å². The number of pyridine rings is 1. The van der Waals surface area contributed by atoms with E-state index in [0.29, 0.717) is 0 Å². The van der Waals surface area contributed by atoms with Crippen LogP contribution in [-0.2, 0) is 0 Å². The molecule has 1 aromatic heterocycles. The normalized spacial score (nSPS) is 28.7. The molecule has 84 valence electrons. The van der Waals surface area contributed by atoms with Crippen LogP contribution in [-0.4, -0.2) is 18.1 Å². The van der Waals surface area contributed by atoms with Crippen molar-refractivity contribution in [2.24, 2.45) is 11.8 Å². The first-order chi connectivity index (χ1) is 7.83. The van der Waals surface area contributed by atoms with Crippen molar-refractivity contribution in [1.82, 2.24) is 10.3 Å². The third-order valence-electron chi connectivity index (χ3n) is 3.64. The first-order valence-electron chi connectivity index (χ1n) is 5.85. The second-order valence-electron chi connectivity index (χ2n) is 4.70. The molecule has 16 heavy (non-hydrogen) atoms. The van der Waals surface area contributed by atoms with E-state index in [1.54, 1.807) is 6.20 Å². The Morgan fingerprint density at radius 1 is 1.38 bits per heavy atom. The summed E-state index contributed by atoms with van der Waals surface area (Å²) in [7, 11) is 0. The average Bonchev–Trinajstić information content (AvgIpc) is 2.72. The molecule has 0 amide bonds. The van der Waals surface area contributed by atoms with Gasteiger partial charge in [-0.15, -0.1) is 0 Å². The van der Waals surface area contributed by atoms with E-state index >= 15 is 0 Å². The zero-order valence-electron chi connectivity index (χ0n) is 9.12. The molecule has 2 nitrogen and oxygen atoms in total. The Morgan fingerprint density at radius 3 is 3.12 bits per heavy atom. The van der Waals surface area contributed by atoms with Gasteiger partial charge in [-0.3, -0.25) is 4.98 Å². The van der Waals surface area contributed by atoms with Crippen molar-refractivity contribution < 1.29 is 0 Å². The average molecular weight is 235 g/mol. The van der Waals surface area contributed by atoms with Crippen LogP contribution in [0.2, 0.25) is 5.02 Å². The van der Waals surface area contributed by atoms with Crippen LogP contribution in [0.25, 0.3) is 5.57 Å². The van der Waals surface area contributed by atoms with Gasteiger partial charge >= 0.3 is 0 Å². The summed E-state index contributed by atoms with van der Waals surface area (Å²) < 4.78 is 0. The number of piperidine rings is 1. The highest BCUT2D eigenvalue weighted by Gasteiger charge is 2.30. The summed E-state index contributed by atoms with van der Waals surface area (Å²) in [6, 6.07) is 2.02. The largest absolute Gasteiger partial charge is 0.316 e. The first-order valence-corrected chi connectivity index (χ1v) is 6.23. The van der Waals surface area contributed by atoms with Crippen LogP contribution in [0.15, 0.2) is 24.5 Å². The number of nitrogens with one attached hydrogen (secondary N) is 1. The minimum Gasteiger partial charge on any atom is -0.316 e. The number of hydrogen-bond donors (Lipinski definition) is 1. The molecule has 3 rings (SSSR count). The number of nitrogens with zero attached hydrogens (tertiary/aromatic N) is 1. The minimum absolute atomic E-state index is 0.728. The number of aromatic nitrogens is 1. The van der Waals surface area contributed by atoms with Crippen molar-refractivity contribution in [3.05, 3.63) is 35.1 Å². The van der Waals surface area contributed by atoms with E-state index < -0.39 is 0 Å². The van der Waals surface area contributed by atoms with Crippen LogP contribution >= 0.6 is 11.6 Å². The maximum Gasteiger partial charge on any atom is 0.0595 e. The lowest BCUT2D eigenvalue weighted by molar-refractivity contribution is 0.324. The van der Waals surface area contributed by atoms with Gasteiger partial charge in [0.2, 0.25) is 0 Å². The number of hydrogen-bond acceptors (Lipinski definition) is 2. The van der Waals surface area contributed by atoms with Crippen LogP contribution in [0.1, 0.15) is 18.4 Å². The molecule has 1 saturated heterocycles. The van der Waals surface area contributed by atoms with E-state index in [4.69, 9.17) is 11.6 Å². The van der Waals surface area contributed by atoms with E-state index in [0.717, 1.165) is 29.9 Å². The lowest BCUT2D eigenvalue weighted by atomic mass is 9.89. The SMILES string of the molecule is Clc1cncc(C2=C[C@@H]3CCNC[C@@H]3C2)c1. The Labute approximate surface area is 101 Å². The molecule has 1 aliphatic heterocycles. The van der Waals surface area contributed by atoms with Crippen molar-refractivity contribution in [3.8, 4) is 0 Å². The van der Waals surface area contributed by atoms with E-state index in [1.165, 1.54) is 24.0 Å². The van der Waals surface area contributed by atoms with Crippen molar-refractivity contribution >= 4 is 17.2 Å². The smallest absolute Gasteiger partial charge is 0.0595 e. The number of halogens is 1. The van der Waals surface area contributed by atoms with Crippen molar-refractivity contribution in [2.45, 2.75) is 12.8 Å². The lowest BCUT2D eigenvalue weighted by Crippen LogP contribution is -2.33. The molecular formula is C13H15ClN2. The van der Waals surface area contributed by atoms with Gasteiger partial charge in [0.15, 0.2) is 0 Å². The molecule has 1 aliphatic carbocycles. The summed E-state index contributed by atoms with van der Waals surface area (Å²) >= 11 is 5.97. The van der Waals surface area contributed by atoms with Gasteiger partial charge in [0, 0.05) is 12.4 Å². The third-order valence-corrected chi connectivity index (χ3v) is 3.85. The lowest BCUT2D eigenvalue weighted by Gasteiger charge is -2.25. The van der Waals surface area contributed by atoms with Gasteiger partial charge in [0.25, 0.3) is 0 Å².